The van der Waals surface area contributed by atoms with Gasteiger partial charge in [-0.3, -0.25) is 32.8 Å². The molecule has 0 bridgehead atoms. The highest BCUT2D eigenvalue weighted by atomic mass is 32.2. The Morgan fingerprint density at radius 3 is 2.57 bits per heavy atom. The van der Waals surface area contributed by atoms with Gasteiger partial charge in [-0.2, -0.15) is 0 Å². The molecule has 0 radical (unpaired) electrons. The van der Waals surface area contributed by atoms with Crippen LogP contribution in [0, 0.1) is 12.3 Å². The third-order valence-electron chi connectivity index (χ3n) is 7.12. The second-order valence-corrected chi connectivity index (χ2v) is 14.7. The predicted octanol–water partition coefficient (Wildman–Crippen LogP) is 3.48. The highest BCUT2D eigenvalue weighted by Crippen LogP contribution is 2.46. The van der Waals surface area contributed by atoms with Crippen LogP contribution in [0.25, 0.3) is 16.6 Å². The summed E-state index contributed by atoms with van der Waals surface area (Å²) in [6.07, 6.45) is 1.45. The number of ether oxygens (including phenoxy) is 2. The molecule has 2 heterocycles. The van der Waals surface area contributed by atoms with Crippen molar-refractivity contribution in [3.8, 4) is 5.75 Å². The standard InChI is InChI=1S/C30H39N6O11PS/c1-19-17-36(29(42)35(26(19)39)11-6-12-37)25-16-22(32-34-31)24(47-25)18-46-48(43,45-13-14-49-28(41)30(2,3)4)33-23(27(40)44-5)15-20-7-9-21(38)10-8-20/h6-12,17,22-25,38H,13-16,18H2,1-5H3,(H,33,43)/b11-6+/t22-,23-,24+,25+,48?/m0/s1. The van der Waals surface area contributed by atoms with Crippen LogP contribution in [0.5, 0.6) is 5.75 Å². The van der Waals surface area contributed by atoms with Gasteiger partial charge in [0, 0.05) is 40.5 Å². The van der Waals surface area contributed by atoms with Gasteiger partial charge in [0.1, 0.15) is 24.3 Å². The predicted molar refractivity (Wildman–Crippen MR) is 180 cm³/mol. The first kappa shape index (κ1) is 39.4. The number of phenols is 1. The summed E-state index contributed by atoms with van der Waals surface area (Å²) in [6.45, 7) is 5.98. The number of rotatable bonds is 16. The van der Waals surface area contributed by atoms with E-state index >= 15 is 0 Å². The Kier molecular flexibility index (Phi) is 14.1. The lowest BCUT2D eigenvalue weighted by molar-refractivity contribution is -0.142. The average Bonchev–Trinajstić information content (AvgIpc) is 3.46. The van der Waals surface area contributed by atoms with Crippen LogP contribution >= 0.6 is 19.5 Å². The van der Waals surface area contributed by atoms with Gasteiger partial charge in [-0.15, -0.1) is 0 Å². The molecule has 0 saturated carbocycles. The minimum absolute atomic E-state index is 0.00376. The van der Waals surface area contributed by atoms with Gasteiger partial charge < -0.3 is 14.6 Å². The third-order valence-corrected chi connectivity index (χ3v) is 10.0. The minimum Gasteiger partial charge on any atom is -0.508 e. The number of carbonyl (C=O) groups is 3. The van der Waals surface area contributed by atoms with E-state index in [1.165, 1.54) is 25.3 Å². The maximum absolute atomic E-state index is 14.2. The third kappa shape index (κ3) is 11.0. The Balaban J connectivity index is 1.88. The highest BCUT2D eigenvalue weighted by molar-refractivity contribution is 8.13. The molecule has 1 aromatic carbocycles. The fourth-order valence-corrected chi connectivity index (χ4v) is 6.96. The van der Waals surface area contributed by atoms with Crippen LogP contribution in [0.15, 0.2) is 51.2 Å². The molecule has 17 nitrogen and oxygen atoms in total. The quantitative estimate of drug-likeness (QED) is 0.0370. The highest BCUT2D eigenvalue weighted by Gasteiger charge is 2.40. The van der Waals surface area contributed by atoms with Crippen molar-refractivity contribution in [3.63, 3.8) is 0 Å². The number of nitrogens with zero attached hydrogens (tertiary/aromatic N) is 5. The number of aromatic hydroxyl groups is 1. The summed E-state index contributed by atoms with van der Waals surface area (Å²) in [5.74, 6) is -0.689. The number of esters is 1. The molecule has 1 aliphatic heterocycles. The van der Waals surface area contributed by atoms with Gasteiger partial charge in [-0.25, -0.2) is 19.0 Å². The molecule has 1 saturated heterocycles. The number of allylic oxidation sites excluding steroid dienone is 1. The fraction of sp³-hybridized carbons (Fsp3) is 0.500. The number of aryl methyl sites for hydroxylation is 1. The van der Waals surface area contributed by atoms with E-state index < -0.39 is 61.4 Å². The summed E-state index contributed by atoms with van der Waals surface area (Å²) in [5.41, 5.74) is 7.86. The van der Waals surface area contributed by atoms with Gasteiger partial charge in [0.05, 0.1) is 32.5 Å². The number of thioether (sulfide) groups is 1. The number of carbonyl (C=O) groups excluding carboxylic acids is 3. The van der Waals surface area contributed by atoms with Crippen LogP contribution in [0.3, 0.4) is 0 Å². The van der Waals surface area contributed by atoms with Crippen LogP contribution in [0.1, 0.15) is 44.5 Å². The molecule has 5 atom stereocenters. The molecule has 266 valence electrons. The van der Waals surface area contributed by atoms with Crippen molar-refractivity contribution in [2.45, 2.75) is 65.0 Å². The van der Waals surface area contributed by atoms with Crippen molar-refractivity contribution in [1.82, 2.24) is 14.2 Å². The Labute approximate surface area is 285 Å². The van der Waals surface area contributed by atoms with Gasteiger partial charge in [0.2, 0.25) is 0 Å². The second-order valence-electron chi connectivity index (χ2n) is 11.9. The number of methoxy groups -OCH3 is 1. The molecular formula is C30H39N6O11PS. The monoisotopic (exact) mass is 722 g/mol. The topological polar surface area (TPSA) is 230 Å². The Morgan fingerprint density at radius 2 is 1.96 bits per heavy atom. The molecule has 49 heavy (non-hydrogen) atoms. The van der Waals surface area contributed by atoms with Crippen molar-refractivity contribution in [2.75, 3.05) is 26.1 Å². The normalized spacial score (nSPS) is 19.6. The second kappa shape index (κ2) is 17.6. The molecule has 1 unspecified atom stereocenters. The lowest BCUT2D eigenvalue weighted by atomic mass is 10.00. The smallest absolute Gasteiger partial charge is 0.406 e. The SMILES string of the molecule is COC(=O)[C@H](Cc1ccc(O)cc1)NP(=O)(OCCSC(=O)C(C)(C)C)OC[C@H]1O[C@@H](n2cc(C)c(=O)n(/C=C/C=O)c2=O)C[C@@H]1N=[N+]=[N-]. The van der Waals surface area contributed by atoms with E-state index in [1.807, 2.05) is 0 Å². The number of phenolic OH excluding ortho intramolecular Hbond substituents is 1. The summed E-state index contributed by atoms with van der Waals surface area (Å²) in [7, 11) is -3.27. The zero-order chi connectivity index (χ0) is 36.4. The lowest BCUT2D eigenvalue weighted by Crippen LogP contribution is -2.40. The number of aldehydes is 1. The van der Waals surface area contributed by atoms with Crippen LogP contribution in [-0.2, 0) is 43.9 Å². The van der Waals surface area contributed by atoms with Crippen molar-refractivity contribution < 1.29 is 42.6 Å². The molecule has 0 aliphatic carbocycles. The van der Waals surface area contributed by atoms with E-state index in [0.29, 0.717) is 11.8 Å². The molecule has 3 rings (SSSR count). The Morgan fingerprint density at radius 1 is 1.27 bits per heavy atom. The van der Waals surface area contributed by atoms with E-state index in [-0.39, 0.29) is 41.6 Å². The zero-order valence-electron chi connectivity index (χ0n) is 27.6. The molecule has 1 aliphatic rings. The first-order chi connectivity index (χ1) is 23.1. The van der Waals surface area contributed by atoms with Gasteiger partial charge >= 0.3 is 19.4 Å². The van der Waals surface area contributed by atoms with Crippen LogP contribution in [-0.4, -0.2) is 75.9 Å². The number of hydrogen-bond acceptors (Lipinski definition) is 13. The van der Waals surface area contributed by atoms with Gasteiger partial charge in [-0.1, -0.05) is 49.8 Å². The van der Waals surface area contributed by atoms with Crippen molar-refractivity contribution in [2.24, 2.45) is 10.5 Å². The van der Waals surface area contributed by atoms with Crippen molar-refractivity contribution >= 4 is 43.1 Å². The van der Waals surface area contributed by atoms with Crippen molar-refractivity contribution in [3.05, 3.63) is 78.9 Å². The largest absolute Gasteiger partial charge is 0.508 e. The van der Waals surface area contributed by atoms with E-state index in [9.17, 15) is 39.2 Å². The summed E-state index contributed by atoms with van der Waals surface area (Å²) < 4.78 is 38.4. The summed E-state index contributed by atoms with van der Waals surface area (Å²) in [5, 5.41) is 15.9. The van der Waals surface area contributed by atoms with E-state index in [1.54, 1.807) is 32.9 Å². The number of hydrogen-bond donors (Lipinski definition) is 2. The number of nitrogens with one attached hydrogen (secondary N) is 1. The first-order valence-corrected chi connectivity index (χ1v) is 17.5. The van der Waals surface area contributed by atoms with Gasteiger partial charge in [-0.05, 0) is 42.6 Å². The van der Waals surface area contributed by atoms with Crippen molar-refractivity contribution in [1.29, 1.82) is 0 Å². The molecule has 0 amide bonds. The molecule has 2 aromatic rings. The average molecular weight is 723 g/mol. The number of benzene rings is 1. The van der Waals surface area contributed by atoms with Crippen LogP contribution in [0.4, 0.5) is 0 Å². The summed E-state index contributed by atoms with van der Waals surface area (Å²) in [4.78, 5) is 64.5. The van der Waals surface area contributed by atoms with E-state index in [4.69, 9.17) is 18.5 Å². The number of aromatic nitrogens is 2. The maximum atomic E-state index is 14.2. The van der Waals surface area contributed by atoms with Crippen LogP contribution in [0.2, 0.25) is 0 Å². The van der Waals surface area contributed by atoms with Crippen LogP contribution < -0.4 is 16.3 Å². The fourth-order valence-electron chi connectivity index (χ4n) is 4.58. The van der Waals surface area contributed by atoms with E-state index in [2.05, 4.69) is 15.1 Å². The zero-order valence-corrected chi connectivity index (χ0v) is 29.3. The minimum atomic E-state index is -4.42. The Hall–Kier alpha value is -4.02. The molecule has 0 spiro atoms. The summed E-state index contributed by atoms with van der Waals surface area (Å²) >= 11 is 0.971. The van der Waals surface area contributed by atoms with Gasteiger partial charge in [0.15, 0.2) is 5.12 Å². The summed E-state index contributed by atoms with van der Waals surface area (Å²) in [6, 6.07) is 3.77. The van der Waals surface area contributed by atoms with Gasteiger partial charge in [0.25, 0.3) is 5.56 Å². The van der Waals surface area contributed by atoms with E-state index in [0.717, 1.165) is 40.3 Å². The Bertz CT molecular complexity index is 1750. The molecule has 19 heteroatoms. The molecular weight excluding hydrogens is 683 g/mol. The molecule has 1 aromatic heterocycles. The maximum Gasteiger partial charge on any atom is 0.406 e. The lowest BCUT2D eigenvalue weighted by Gasteiger charge is -2.26. The molecule has 1 fully saturated rings. The first-order valence-electron chi connectivity index (χ1n) is 15.0. The number of azide groups is 1. The molecule has 2 N–H and O–H groups in total.